The van der Waals surface area contributed by atoms with Crippen LogP contribution in [0.3, 0.4) is 0 Å². The van der Waals surface area contributed by atoms with Gasteiger partial charge in [0.05, 0.1) is 13.2 Å². The Labute approximate surface area is 115 Å². The largest absolute Gasteiger partial charge is 0.357 e. The first-order valence-electron chi connectivity index (χ1n) is 6.44. The highest BCUT2D eigenvalue weighted by atomic mass is 31.2. The molecule has 0 atom stereocenters. The highest BCUT2D eigenvalue weighted by Crippen LogP contribution is 2.60. The molecule has 0 bridgehead atoms. The summed E-state index contributed by atoms with van der Waals surface area (Å²) >= 11 is 0. The molecule has 0 aliphatic rings. The number of rotatable bonds is 7. The second-order valence-electron chi connectivity index (χ2n) is 4.50. The van der Waals surface area contributed by atoms with Crippen molar-refractivity contribution in [3.8, 4) is 0 Å². The first-order valence-corrected chi connectivity index (χ1v) is 7.99. The van der Waals surface area contributed by atoms with Crippen molar-refractivity contribution < 1.29 is 13.6 Å². The fourth-order valence-electron chi connectivity index (χ4n) is 1.54. The predicted octanol–water partition coefficient (Wildman–Crippen LogP) is 4.11. The molecule has 0 saturated carbocycles. The van der Waals surface area contributed by atoms with Crippen molar-refractivity contribution in [1.82, 2.24) is 0 Å². The molecule has 1 aromatic carbocycles. The maximum atomic E-state index is 12.7. The lowest BCUT2D eigenvalue weighted by atomic mass is 10.2. The molecule has 0 saturated heterocycles. The number of hydrogen-bond acceptors (Lipinski definition) is 4. The summed E-state index contributed by atoms with van der Waals surface area (Å²) in [5, 5.41) is -0.908. The Morgan fingerprint density at radius 1 is 1.16 bits per heavy atom. The van der Waals surface area contributed by atoms with Gasteiger partial charge < -0.3 is 9.05 Å². The van der Waals surface area contributed by atoms with Gasteiger partial charge in [-0.3, -0.25) is 9.56 Å². The zero-order valence-electron chi connectivity index (χ0n) is 12.0. The van der Waals surface area contributed by atoms with E-state index < -0.39 is 12.9 Å². The molecule has 0 amide bonds. The van der Waals surface area contributed by atoms with E-state index >= 15 is 0 Å². The molecule has 0 radical (unpaired) electrons. The van der Waals surface area contributed by atoms with E-state index in [2.05, 4.69) is 4.99 Å². The predicted molar refractivity (Wildman–Crippen MR) is 79.0 cm³/mol. The average Bonchev–Trinajstić information content (AvgIpc) is 2.38. The minimum absolute atomic E-state index is 0.335. The van der Waals surface area contributed by atoms with Crippen LogP contribution in [0.15, 0.2) is 35.3 Å². The molecule has 1 rings (SSSR count). The van der Waals surface area contributed by atoms with Gasteiger partial charge in [0, 0.05) is 6.21 Å². The molecule has 0 aliphatic carbocycles. The molecule has 4 nitrogen and oxygen atoms in total. The number of benzene rings is 1. The minimum Gasteiger partial charge on any atom is -0.307 e. The van der Waals surface area contributed by atoms with Crippen molar-refractivity contribution >= 4 is 13.8 Å². The van der Waals surface area contributed by atoms with E-state index in [1.54, 1.807) is 33.9 Å². The van der Waals surface area contributed by atoms with Crippen molar-refractivity contribution in [3.63, 3.8) is 0 Å². The highest BCUT2D eigenvalue weighted by molar-refractivity contribution is 7.55. The summed E-state index contributed by atoms with van der Waals surface area (Å²) in [6.07, 6.45) is 1.70. The summed E-state index contributed by atoms with van der Waals surface area (Å²) in [5.74, 6) is 0. The normalized spacial score (nSPS) is 13.1. The van der Waals surface area contributed by atoms with E-state index in [4.69, 9.17) is 9.05 Å². The zero-order chi connectivity index (χ0) is 14.4. The van der Waals surface area contributed by atoms with Crippen LogP contribution in [0.1, 0.15) is 33.3 Å². The lowest BCUT2D eigenvalue weighted by molar-refractivity contribution is 0.202. The standard InChI is InChI=1S/C14H22NO3P/c1-5-17-19(16,18-6-2)14(3,4)15-12-13-10-8-7-9-11-13/h7-12H,5-6H2,1-4H3/b15-12+. The van der Waals surface area contributed by atoms with E-state index in [0.29, 0.717) is 13.2 Å². The van der Waals surface area contributed by atoms with Gasteiger partial charge in [-0.2, -0.15) is 0 Å². The fraction of sp³-hybridized carbons (Fsp3) is 0.500. The fourth-order valence-corrected chi connectivity index (χ4v) is 3.12. The van der Waals surface area contributed by atoms with Gasteiger partial charge in [-0.05, 0) is 33.3 Å². The quantitative estimate of drug-likeness (QED) is 0.559. The van der Waals surface area contributed by atoms with Crippen molar-refractivity contribution in [2.24, 2.45) is 4.99 Å². The average molecular weight is 283 g/mol. The highest BCUT2D eigenvalue weighted by Gasteiger charge is 2.42. The molecular formula is C14H22NO3P. The van der Waals surface area contributed by atoms with E-state index in [1.165, 1.54) is 0 Å². The van der Waals surface area contributed by atoms with Crippen molar-refractivity contribution in [1.29, 1.82) is 0 Å². The van der Waals surface area contributed by atoms with Crippen LogP contribution in [0.25, 0.3) is 0 Å². The number of nitrogens with zero attached hydrogens (tertiary/aromatic N) is 1. The third-order valence-electron chi connectivity index (χ3n) is 2.60. The van der Waals surface area contributed by atoms with Gasteiger partial charge in [0.15, 0.2) is 5.28 Å². The van der Waals surface area contributed by atoms with Crippen LogP contribution in [0, 0.1) is 0 Å². The Kier molecular flexibility index (Phi) is 5.92. The van der Waals surface area contributed by atoms with Gasteiger partial charge in [0.2, 0.25) is 0 Å². The SMILES string of the molecule is CCOP(=O)(OCC)C(C)(C)/N=C/c1ccccc1. The zero-order valence-corrected chi connectivity index (χ0v) is 12.9. The van der Waals surface area contributed by atoms with Gasteiger partial charge >= 0.3 is 7.60 Å². The van der Waals surface area contributed by atoms with Crippen LogP contribution < -0.4 is 0 Å². The summed E-state index contributed by atoms with van der Waals surface area (Å²) in [7, 11) is -3.26. The molecule has 0 aromatic heterocycles. The van der Waals surface area contributed by atoms with Crippen LogP contribution in [-0.4, -0.2) is 24.7 Å². The maximum absolute atomic E-state index is 12.7. The first-order chi connectivity index (χ1) is 8.95. The van der Waals surface area contributed by atoms with Gasteiger partial charge in [-0.1, -0.05) is 30.3 Å². The summed E-state index contributed by atoms with van der Waals surface area (Å²) in [5.41, 5.74) is 0.954. The molecule has 0 fully saturated rings. The van der Waals surface area contributed by atoms with Crippen molar-refractivity contribution in [3.05, 3.63) is 35.9 Å². The molecule has 106 valence electrons. The van der Waals surface area contributed by atoms with Gasteiger partial charge in [0.25, 0.3) is 0 Å². The smallest absolute Gasteiger partial charge is 0.307 e. The maximum Gasteiger partial charge on any atom is 0.357 e. The Balaban J connectivity index is 2.94. The summed E-state index contributed by atoms with van der Waals surface area (Å²) in [6.45, 7) is 7.78. The first kappa shape index (κ1) is 16.1. The molecule has 0 spiro atoms. The Morgan fingerprint density at radius 2 is 1.68 bits per heavy atom. The molecular weight excluding hydrogens is 261 g/mol. The van der Waals surface area contributed by atoms with E-state index in [9.17, 15) is 4.57 Å². The molecule has 0 aliphatic heterocycles. The molecule has 5 heteroatoms. The lowest BCUT2D eigenvalue weighted by Gasteiger charge is -2.29. The van der Waals surface area contributed by atoms with E-state index in [0.717, 1.165) is 5.56 Å². The number of hydrogen-bond donors (Lipinski definition) is 0. The van der Waals surface area contributed by atoms with Gasteiger partial charge in [0.1, 0.15) is 0 Å². The Morgan fingerprint density at radius 3 is 2.16 bits per heavy atom. The van der Waals surface area contributed by atoms with Crippen LogP contribution in [0.4, 0.5) is 0 Å². The summed E-state index contributed by atoms with van der Waals surface area (Å²) < 4.78 is 23.4. The van der Waals surface area contributed by atoms with Gasteiger partial charge in [-0.25, -0.2) is 0 Å². The number of aliphatic imine (C=N–C) groups is 1. The summed E-state index contributed by atoms with van der Waals surface area (Å²) in [4.78, 5) is 4.40. The second-order valence-corrected chi connectivity index (χ2v) is 7.10. The Hall–Kier alpha value is -0.960. The third kappa shape index (κ3) is 4.27. The van der Waals surface area contributed by atoms with E-state index in [-0.39, 0.29) is 0 Å². The van der Waals surface area contributed by atoms with Crippen molar-refractivity contribution in [2.45, 2.75) is 33.0 Å². The van der Waals surface area contributed by atoms with E-state index in [1.807, 2.05) is 30.3 Å². The Bertz CT molecular complexity index is 447. The molecule has 1 aromatic rings. The lowest BCUT2D eigenvalue weighted by Crippen LogP contribution is -2.21. The van der Waals surface area contributed by atoms with Gasteiger partial charge in [-0.15, -0.1) is 0 Å². The molecule has 0 heterocycles. The van der Waals surface area contributed by atoms with Crippen LogP contribution >= 0.6 is 7.60 Å². The summed E-state index contributed by atoms with van der Waals surface area (Å²) in [6, 6.07) is 9.67. The molecule has 0 unspecified atom stereocenters. The van der Waals surface area contributed by atoms with Crippen molar-refractivity contribution in [2.75, 3.05) is 13.2 Å². The van der Waals surface area contributed by atoms with Crippen LogP contribution in [-0.2, 0) is 13.6 Å². The van der Waals surface area contributed by atoms with Crippen LogP contribution in [0.5, 0.6) is 0 Å². The molecule has 19 heavy (non-hydrogen) atoms. The van der Waals surface area contributed by atoms with Crippen LogP contribution in [0.2, 0.25) is 0 Å². The topological polar surface area (TPSA) is 47.9 Å². The minimum atomic E-state index is -3.26. The second kappa shape index (κ2) is 6.99. The molecule has 0 N–H and O–H groups in total. The third-order valence-corrected chi connectivity index (χ3v) is 5.25. The monoisotopic (exact) mass is 283 g/mol.